The lowest BCUT2D eigenvalue weighted by atomic mass is 10.1. The fourth-order valence-electron chi connectivity index (χ4n) is 2.27. The summed E-state index contributed by atoms with van der Waals surface area (Å²) in [5.41, 5.74) is -0.905. The molecule has 11 heteroatoms. The van der Waals surface area contributed by atoms with E-state index in [0.29, 0.717) is 11.8 Å². The molecular formula is C15H9Cl2F4N5. The van der Waals surface area contributed by atoms with Crippen molar-refractivity contribution in [1.82, 2.24) is 20.2 Å². The molecule has 0 saturated heterocycles. The number of benzene rings is 2. The predicted octanol–water partition coefficient (Wildman–Crippen LogP) is 4.74. The number of nitrogens with one attached hydrogen (secondary N) is 1. The van der Waals surface area contributed by atoms with Crippen molar-refractivity contribution in [3.63, 3.8) is 0 Å². The zero-order chi connectivity index (χ0) is 18.9. The topological polar surface area (TPSA) is 55.6 Å². The normalized spacial score (nSPS) is 11.6. The van der Waals surface area contributed by atoms with E-state index in [2.05, 4.69) is 20.8 Å². The molecule has 0 spiro atoms. The second kappa shape index (κ2) is 7.08. The Morgan fingerprint density at radius 1 is 1.12 bits per heavy atom. The van der Waals surface area contributed by atoms with Gasteiger partial charge in [-0.2, -0.15) is 17.9 Å². The lowest BCUT2D eigenvalue weighted by Crippen LogP contribution is -2.14. The van der Waals surface area contributed by atoms with Crippen LogP contribution in [0, 0.1) is 5.82 Å². The van der Waals surface area contributed by atoms with Crippen LogP contribution in [0.25, 0.3) is 5.69 Å². The van der Waals surface area contributed by atoms with Crippen molar-refractivity contribution in [2.45, 2.75) is 12.7 Å². The summed E-state index contributed by atoms with van der Waals surface area (Å²) in [7, 11) is 0. The minimum atomic E-state index is -4.62. The molecule has 0 aliphatic carbocycles. The molecule has 136 valence electrons. The van der Waals surface area contributed by atoms with E-state index in [1.165, 1.54) is 4.68 Å². The van der Waals surface area contributed by atoms with E-state index in [-0.39, 0.29) is 28.1 Å². The molecule has 0 aliphatic rings. The van der Waals surface area contributed by atoms with Crippen LogP contribution in [0.3, 0.4) is 0 Å². The van der Waals surface area contributed by atoms with Crippen molar-refractivity contribution in [2.75, 3.05) is 5.32 Å². The van der Waals surface area contributed by atoms with Crippen LogP contribution in [-0.2, 0) is 12.7 Å². The van der Waals surface area contributed by atoms with E-state index in [4.69, 9.17) is 23.2 Å². The molecule has 0 unspecified atom stereocenters. The molecule has 0 atom stereocenters. The van der Waals surface area contributed by atoms with Gasteiger partial charge in [0.25, 0.3) is 0 Å². The largest absolute Gasteiger partial charge is 0.416 e. The van der Waals surface area contributed by atoms with Crippen molar-refractivity contribution in [3.8, 4) is 5.69 Å². The van der Waals surface area contributed by atoms with Crippen molar-refractivity contribution >= 4 is 29.2 Å². The number of hydrogen-bond donors (Lipinski definition) is 1. The van der Waals surface area contributed by atoms with Crippen molar-refractivity contribution in [2.24, 2.45) is 0 Å². The monoisotopic (exact) mass is 405 g/mol. The van der Waals surface area contributed by atoms with Crippen LogP contribution in [0.1, 0.15) is 11.1 Å². The Labute approximate surface area is 154 Å². The summed E-state index contributed by atoms with van der Waals surface area (Å²) in [5, 5.41) is 14.0. The molecule has 1 N–H and O–H groups in total. The number of tetrazole rings is 1. The van der Waals surface area contributed by atoms with E-state index in [1.54, 1.807) is 18.2 Å². The predicted molar refractivity (Wildman–Crippen MR) is 87.9 cm³/mol. The Bertz CT molecular complexity index is 942. The van der Waals surface area contributed by atoms with Gasteiger partial charge in [-0.25, -0.2) is 4.39 Å². The van der Waals surface area contributed by atoms with Crippen molar-refractivity contribution in [3.05, 3.63) is 63.4 Å². The SMILES string of the molecule is Fc1ccc(C(F)(F)F)c(CNc2nnnn2-c2cccc(Cl)c2Cl)c1. The highest BCUT2D eigenvalue weighted by molar-refractivity contribution is 6.43. The fraction of sp³-hybridized carbons (Fsp3) is 0.133. The summed E-state index contributed by atoms with van der Waals surface area (Å²) in [6, 6.07) is 7.00. The van der Waals surface area contributed by atoms with Gasteiger partial charge in [0.15, 0.2) is 0 Å². The number of anilines is 1. The van der Waals surface area contributed by atoms with Gasteiger partial charge in [-0.05, 0) is 46.3 Å². The quantitative estimate of drug-likeness (QED) is 0.637. The van der Waals surface area contributed by atoms with Crippen LogP contribution in [0.15, 0.2) is 36.4 Å². The summed E-state index contributed by atoms with van der Waals surface area (Å²) in [6.45, 7) is -0.356. The standard InChI is InChI=1S/C15H9Cl2F4N5/c16-11-2-1-3-12(13(11)17)26-14(23-24-25-26)22-7-8-6-9(18)4-5-10(8)15(19,20)21/h1-6H,7H2,(H,22,23,25). The molecule has 1 aromatic heterocycles. The van der Waals surface area contributed by atoms with Crippen molar-refractivity contribution in [1.29, 1.82) is 0 Å². The summed E-state index contributed by atoms with van der Waals surface area (Å²) >= 11 is 12.0. The minimum Gasteiger partial charge on any atom is -0.349 e. The van der Waals surface area contributed by atoms with Gasteiger partial charge in [-0.15, -0.1) is 0 Å². The average molecular weight is 406 g/mol. The smallest absolute Gasteiger partial charge is 0.349 e. The Hall–Kier alpha value is -2.39. The number of hydrogen-bond acceptors (Lipinski definition) is 4. The van der Waals surface area contributed by atoms with Gasteiger partial charge in [0.05, 0.1) is 21.3 Å². The number of rotatable bonds is 4. The molecule has 3 aromatic rings. The van der Waals surface area contributed by atoms with E-state index < -0.39 is 17.6 Å². The van der Waals surface area contributed by atoms with Crippen LogP contribution < -0.4 is 5.32 Å². The fourth-order valence-corrected chi connectivity index (χ4v) is 2.65. The van der Waals surface area contributed by atoms with Crippen molar-refractivity contribution < 1.29 is 17.6 Å². The van der Waals surface area contributed by atoms with Gasteiger partial charge in [0.2, 0.25) is 5.95 Å². The minimum absolute atomic E-state index is 0.0200. The first-order chi connectivity index (χ1) is 12.3. The van der Waals surface area contributed by atoms with E-state index in [1.807, 2.05) is 0 Å². The molecule has 3 rings (SSSR count). The third-order valence-corrected chi connectivity index (χ3v) is 4.25. The summed E-state index contributed by atoms with van der Waals surface area (Å²) in [4.78, 5) is 0. The Morgan fingerprint density at radius 3 is 2.62 bits per heavy atom. The van der Waals surface area contributed by atoms with E-state index in [0.717, 1.165) is 12.1 Å². The first kappa shape index (κ1) is 18.4. The Morgan fingerprint density at radius 2 is 1.88 bits per heavy atom. The Balaban J connectivity index is 1.90. The first-order valence-electron chi connectivity index (χ1n) is 7.09. The molecule has 0 bridgehead atoms. The maximum atomic E-state index is 13.4. The van der Waals surface area contributed by atoms with E-state index in [9.17, 15) is 17.6 Å². The highest BCUT2D eigenvalue weighted by Crippen LogP contribution is 2.33. The van der Waals surface area contributed by atoms with Gasteiger partial charge >= 0.3 is 6.18 Å². The summed E-state index contributed by atoms with van der Waals surface area (Å²) in [6.07, 6.45) is -4.62. The van der Waals surface area contributed by atoms with Gasteiger partial charge in [0.1, 0.15) is 5.82 Å². The number of aromatic nitrogens is 4. The third kappa shape index (κ3) is 3.73. The zero-order valence-corrected chi connectivity index (χ0v) is 14.2. The number of alkyl halides is 3. The van der Waals surface area contributed by atoms with Crippen LogP contribution in [-0.4, -0.2) is 20.2 Å². The molecule has 1 heterocycles. The second-order valence-corrected chi connectivity index (χ2v) is 5.93. The molecule has 0 amide bonds. The van der Waals surface area contributed by atoms with Gasteiger partial charge in [0, 0.05) is 6.54 Å². The average Bonchev–Trinajstić information content (AvgIpc) is 3.02. The van der Waals surface area contributed by atoms with E-state index >= 15 is 0 Å². The third-order valence-electron chi connectivity index (χ3n) is 3.44. The molecule has 0 radical (unpaired) electrons. The zero-order valence-electron chi connectivity index (χ0n) is 12.7. The molecular weight excluding hydrogens is 397 g/mol. The van der Waals surface area contributed by atoms with Gasteiger partial charge in [-0.1, -0.05) is 34.4 Å². The maximum Gasteiger partial charge on any atom is 0.416 e. The molecule has 5 nitrogen and oxygen atoms in total. The molecule has 0 aliphatic heterocycles. The van der Waals surface area contributed by atoms with Gasteiger partial charge in [-0.3, -0.25) is 0 Å². The van der Waals surface area contributed by atoms with Gasteiger partial charge < -0.3 is 5.32 Å². The highest BCUT2D eigenvalue weighted by Gasteiger charge is 2.33. The summed E-state index contributed by atoms with van der Waals surface area (Å²) < 4.78 is 53.7. The molecule has 0 fully saturated rings. The number of halogens is 6. The lowest BCUT2D eigenvalue weighted by molar-refractivity contribution is -0.138. The van der Waals surface area contributed by atoms with Crippen LogP contribution >= 0.6 is 23.2 Å². The van der Waals surface area contributed by atoms with Crippen LogP contribution in [0.2, 0.25) is 10.0 Å². The molecule has 0 saturated carbocycles. The maximum absolute atomic E-state index is 13.4. The highest BCUT2D eigenvalue weighted by atomic mass is 35.5. The van der Waals surface area contributed by atoms with Crippen LogP contribution in [0.5, 0.6) is 0 Å². The Kier molecular flexibility index (Phi) is 5.01. The first-order valence-corrected chi connectivity index (χ1v) is 7.85. The number of nitrogens with zero attached hydrogens (tertiary/aromatic N) is 4. The van der Waals surface area contributed by atoms with Crippen LogP contribution in [0.4, 0.5) is 23.5 Å². The molecule has 2 aromatic carbocycles. The summed E-state index contributed by atoms with van der Waals surface area (Å²) in [5.74, 6) is -0.765. The molecule has 26 heavy (non-hydrogen) atoms. The lowest BCUT2D eigenvalue weighted by Gasteiger charge is -2.14. The second-order valence-electron chi connectivity index (χ2n) is 5.14.